The molecule has 1 aliphatic heterocycles. The summed E-state index contributed by atoms with van der Waals surface area (Å²) >= 11 is 0. The van der Waals surface area contributed by atoms with Crippen LogP contribution in [-0.2, 0) is 13.0 Å². The van der Waals surface area contributed by atoms with Crippen molar-refractivity contribution in [1.82, 2.24) is 14.7 Å². The molecule has 0 atom stereocenters. The molecule has 1 aliphatic rings. The number of carboxylic acid groups (broad SMARTS) is 1. The number of aromatic nitrogens is 2. The third-order valence-corrected chi connectivity index (χ3v) is 4.82. The molecule has 142 valence electrons. The van der Waals surface area contributed by atoms with Crippen LogP contribution in [0.15, 0.2) is 54.6 Å². The van der Waals surface area contributed by atoms with E-state index in [1.165, 1.54) is 0 Å². The Kier molecular flexibility index (Phi) is 4.57. The third-order valence-electron chi connectivity index (χ3n) is 4.82. The zero-order valence-corrected chi connectivity index (χ0v) is 15.4. The van der Waals surface area contributed by atoms with Crippen molar-refractivity contribution in [2.45, 2.75) is 19.9 Å². The lowest BCUT2D eigenvalue weighted by Crippen LogP contribution is -2.39. The second kappa shape index (κ2) is 7.19. The van der Waals surface area contributed by atoms with E-state index in [1.807, 2.05) is 61.5 Å². The smallest absolute Gasteiger partial charge is 0.356 e. The Morgan fingerprint density at radius 1 is 1.11 bits per heavy atom. The lowest BCUT2D eigenvalue weighted by atomic mass is 10.1. The maximum absolute atomic E-state index is 12.7. The summed E-state index contributed by atoms with van der Waals surface area (Å²) < 4.78 is 1.68. The van der Waals surface area contributed by atoms with Crippen molar-refractivity contribution < 1.29 is 14.7 Å². The fraction of sp³-hybridized carbons (Fsp3) is 0.190. The summed E-state index contributed by atoms with van der Waals surface area (Å²) in [4.78, 5) is 26.0. The number of carboxylic acids is 1. The molecule has 7 heteroatoms. The summed E-state index contributed by atoms with van der Waals surface area (Å²) in [6.07, 6.45) is 0.533. The van der Waals surface area contributed by atoms with Gasteiger partial charge in [-0.1, -0.05) is 30.3 Å². The number of nitrogens with zero attached hydrogens (tertiary/aromatic N) is 3. The molecule has 0 saturated heterocycles. The number of carbonyl (C=O) groups is 2. The van der Waals surface area contributed by atoms with E-state index in [-0.39, 0.29) is 18.3 Å². The van der Waals surface area contributed by atoms with E-state index in [0.29, 0.717) is 24.2 Å². The van der Waals surface area contributed by atoms with Crippen LogP contribution in [0.3, 0.4) is 0 Å². The van der Waals surface area contributed by atoms with Crippen LogP contribution < -0.4 is 5.32 Å². The number of hydrogen-bond donors (Lipinski definition) is 2. The Morgan fingerprint density at radius 3 is 2.61 bits per heavy atom. The summed E-state index contributed by atoms with van der Waals surface area (Å²) in [5.41, 5.74) is 3.99. The molecular weight excluding hydrogens is 356 g/mol. The topological polar surface area (TPSA) is 87.5 Å². The van der Waals surface area contributed by atoms with Crippen molar-refractivity contribution in [2.75, 3.05) is 11.9 Å². The lowest BCUT2D eigenvalue weighted by molar-refractivity contribution is 0.0687. The SMILES string of the molecule is Cc1cccc(NC(=O)N2CCc3c(c(C(=O)O)nn3-c3ccccc3)C2)c1. The van der Waals surface area contributed by atoms with Gasteiger partial charge in [0.05, 0.1) is 17.9 Å². The fourth-order valence-corrected chi connectivity index (χ4v) is 3.47. The van der Waals surface area contributed by atoms with Gasteiger partial charge in [-0.25, -0.2) is 14.3 Å². The third kappa shape index (κ3) is 3.34. The van der Waals surface area contributed by atoms with E-state index in [9.17, 15) is 14.7 Å². The number of benzene rings is 2. The molecule has 28 heavy (non-hydrogen) atoms. The van der Waals surface area contributed by atoms with Crippen molar-refractivity contribution in [2.24, 2.45) is 0 Å². The number of carbonyl (C=O) groups excluding carboxylic acids is 1. The maximum Gasteiger partial charge on any atom is 0.356 e. The standard InChI is InChI=1S/C21H20N4O3/c1-14-6-5-7-15(12-14)22-21(28)24-11-10-18-17(13-24)19(20(26)27)23-25(18)16-8-3-2-4-9-16/h2-9,12H,10-11,13H2,1H3,(H,22,28)(H,26,27). The first kappa shape index (κ1) is 17.8. The summed E-state index contributed by atoms with van der Waals surface area (Å²) in [6.45, 7) is 2.66. The molecule has 0 radical (unpaired) electrons. The van der Waals surface area contributed by atoms with Crippen molar-refractivity contribution in [3.05, 3.63) is 77.1 Å². The molecule has 4 rings (SSSR count). The first-order valence-corrected chi connectivity index (χ1v) is 9.05. The average Bonchev–Trinajstić information content (AvgIpc) is 3.08. The van der Waals surface area contributed by atoms with E-state index in [0.717, 1.165) is 16.9 Å². The van der Waals surface area contributed by atoms with Gasteiger partial charge in [0.2, 0.25) is 0 Å². The summed E-state index contributed by atoms with van der Waals surface area (Å²) in [6, 6.07) is 16.7. The van der Waals surface area contributed by atoms with E-state index in [1.54, 1.807) is 9.58 Å². The van der Waals surface area contributed by atoms with Crippen LogP contribution in [0.1, 0.15) is 27.3 Å². The fourth-order valence-electron chi connectivity index (χ4n) is 3.47. The zero-order chi connectivity index (χ0) is 19.7. The summed E-state index contributed by atoms with van der Waals surface area (Å²) in [5, 5.41) is 16.8. The molecule has 2 heterocycles. The van der Waals surface area contributed by atoms with Gasteiger partial charge in [0, 0.05) is 24.2 Å². The van der Waals surface area contributed by atoms with Crippen molar-refractivity contribution in [3.8, 4) is 5.69 Å². The number of aryl methyl sites for hydroxylation is 1. The second-order valence-corrected chi connectivity index (χ2v) is 6.80. The minimum atomic E-state index is -1.09. The van der Waals surface area contributed by atoms with Crippen LogP contribution >= 0.6 is 0 Å². The van der Waals surface area contributed by atoms with E-state index < -0.39 is 5.97 Å². The number of aromatic carboxylic acids is 1. The van der Waals surface area contributed by atoms with Crippen molar-refractivity contribution in [3.63, 3.8) is 0 Å². The van der Waals surface area contributed by atoms with Crippen LogP contribution in [0.4, 0.5) is 10.5 Å². The predicted octanol–water partition coefficient (Wildman–Crippen LogP) is 3.47. The number of amides is 2. The number of hydrogen-bond acceptors (Lipinski definition) is 3. The van der Waals surface area contributed by atoms with Gasteiger partial charge in [0.1, 0.15) is 0 Å². The van der Waals surface area contributed by atoms with Crippen LogP contribution in [0.5, 0.6) is 0 Å². The van der Waals surface area contributed by atoms with Gasteiger partial charge in [0.15, 0.2) is 5.69 Å². The molecule has 0 unspecified atom stereocenters. The zero-order valence-electron chi connectivity index (χ0n) is 15.4. The number of urea groups is 1. The monoisotopic (exact) mass is 376 g/mol. The summed E-state index contributed by atoms with van der Waals surface area (Å²) in [7, 11) is 0. The average molecular weight is 376 g/mol. The van der Waals surface area contributed by atoms with Gasteiger partial charge in [-0.2, -0.15) is 5.10 Å². The number of para-hydroxylation sites is 1. The highest BCUT2D eigenvalue weighted by Gasteiger charge is 2.30. The van der Waals surface area contributed by atoms with E-state index >= 15 is 0 Å². The number of anilines is 1. The van der Waals surface area contributed by atoms with Gasteiger partial charge >= 0.3 is 12.0 Å². The number of rotatable bonds is 3. The van der Waals surface area contributed by atoms with Crippen molar-refractivity contribution in [1.29, 1.82) is 0 Å². The highest BCUT2D eigenvalue weighted by Crippen LogP contribution is 2.26. The Labute approximate surface area is 162 Å². The summed E-state index contributed by atoms with van der Waals surface area (Å²) in [5.74, 6) is -1.09. The van der Waals surface area contributed by atoms with E-state index in [4.69, 9.17) is 0 Å². The Balaban J connectivity index is 1.62. The van der Waals surface area contributed by atoms with E-state index in [2.05, 4.69) is 10.4 Å². The highest BCUT2D eigenvalue weighted by atomic mass is 16.4. The van der Waals surface area contributed by atoms with Gasteiger partial charge in [-0.05, 0) is 36.8 Å². The lowest BCUT2D eigenvalue weighted by Gasteiger charge is -2.28. The largest absolute Gasteiger partial charge is 0.476 e. The van der Waals surface area contributed by atoms with Crippen LogP contribution in [0, 0.1) is 6.92 Å². The van der Waals surface area contributed by atoms with Gasteiger partial charge in [-0.3, -0.25) is 0 Å². The van der Waals surface area contributed by atoms with Crippen molar-refractivity contribution >= 4 is 17.7 Å². The molecule has 1 aromatic heterocycles. The number of nitrogens with one attached hydrogen (secondary N) is 1. The molecule has 2 amide bonds. The molecule has 2 N–H and O–H groups in total. The molecule has 0 saturated carbocycles. The van der Waals surface area contributed by atoms with Gasteiger partial charge < -0.3 is 15.3 Å². The quantitative estimate of drug-likeness (QED) is 0.733. The maximum atomic E-state index is 12.7. The van der Waals surface area contributed by atoms with Crippen LogP contribution in [-0.4, -0.2) is 38.3 Å². The Morgan fingerprint density at radius 2 is 1.89 bits per heavy atom. The predicted molar refractivity (Wildman–Crippen MR) is 105 cm³/mol. The number of fused-ring (bicyclic) bond motifs is 1. The first-order chi connectivity index (χ1) is 13.5. The molecule has 0 fully saturated rings. The molecular formula is C21H20N4O3. The molecule has 3 aromatic rings. The Bertz CT molecular complexity index is 1040. The molecule has 0 aliphatic carbocycles. The highest BCUT2D eigenvalue weighted by molar-refractivity contribution is 5.91. The van der Waals surface area contributed by atoms with Gasteiger partial charge in [-0.15, -0.1) is 0 Å². The second-order valence-electron chi connectivity index (χ2n) is 6.80. The Hall–Kier alpha value is -3.61. The molecule has 7 nitrogen and oxygen atoms in total. The normalized spacial score (nSPS) is 13.1. The minimum absolute atomic E-state index is 0.00749. The molecule has 2 aromatic carbocycles. The molecule has 0 spiro atoms. The van der Waals surface area contributed by atoms with Crippen LogP contribution in [0.2, 0.25) is 0 Å². The van der Waals surface area contributed by atoms with Crippen LogP contribution in [0.25, 0.3) is 5.69 Å². The minimum Gasteiger partial charge on any atom is -0.476 e. The molecule has 0 bridgehead atoms. The van der Waals surface area contributed by atoms with Gasteiger partial charge in [0.25, 0.3) is 0 Å². The first-order valence-electron chi connectivity index (χ1n) is 9.05.